The Kier molecular flexibility index (Phi) is 2.45. The maximum absolute atomic E-state index is 10.9. The molecule has 0 aromatic carbocycles. The summed E-state index contributed by atoms with van der Waals surface area (Å²) in [5.41, 5.74) is 3.73. The molecule has 1 aromatic rings. The molecular formula is C10H10N2OS. The summed E-state index contributed by atoms with van der Waals surface area (Å²) in [7, 11) is 0. The fourth-order valence-electron chi connectivity index (χ4n) is 1.32. The average molecular weight is 206 g/mol. The van der Waals surface area contributed by atoms with Crippen LogP contribution >= 0.6 is 11.3 Å². The van der Waals surface area contributed by atoms with Crippen LogP contribution in [0.25, 0.3) is 6.08 Å². The number of hydrogen-bond acceptors (Lipinski definition) is 3. The van der Waals surface area contributed by atoms with E-state index in [0.717, 1.165) is 22.7 Å². The molecule has 0 atom stereocenters. The molecule has 0 fully saturated rings. The van der Waals surface area contributed by atoms with E-state index in [0.29, 0.717) is 0 Å². The lowest BCUT2D eigenvalue weighted by Gasteiger charge is -2.00. The van der Waals surface area contributed by atoms with Gasteiger partial charge in [-0.3, -0.25) is 4.79 Å². The fourth-order valence-corrected chi connectivity index (χ4v) is 2.08. The van der Waals surface area contributed by atoms with Gasteiger partial charge in [-0.1, -0.05) is 6.08 Å². The molecule has 1 heterocycles. The van der Waals surface area contributed by atoms with Crippen LogP contribution in [0.5, 0.6) is 0 Å². The number of allylic oxidation sites excluding steroid dienone is 2. The third kappa shape index (κ3) is 1.90. The SMILES string of the molecule is CC(=O)NC1=Cc2scnc2CC=C1. The number of carbonyl (C=O) groups excluding carboxylic acids is 1. The van der Waals surface area contributed by atoms with Crippen molar-refractivity contribution in [2.24, 2.45) is 0 Å². The number of amides is 1. The quantitative estimate of drug-likeness (QED) is 0.760. The largest absolute Gasteiger partial charge is 0.326 e. The molecule has 3 nitrogen and oxygen atoms in total. The van der Waals surface area contributed by atoms with Crippen molar-refractivity contribution >= 4 is 23.3 Å². The molecular weight excluding hydrogens is 196 g/mol. The summed E-state index contributed by atoms with van der Waals surface area (Å²) < 4.78 is 0. The van der Waals surface area contributed by atoms with Gasteiger partial charge in [0.1, 0.15) is 0 Å². The highest BCUT2D eigenvalue weighted by atomic mass is 32.1. The first-order chi connectivity index (χ1) is 6.75. The third-order valence-corrected chi connectivity index (χ3v) is 2.71. The lowest BCUT2D eigenvalue weighted by molar-refractivity contribution is -0.118. The second kappa shape index (κ2) is 3.75. The van der Waals surface area contributed by atoms with Gasteiger partial charge in [0.15, 0.2) is 0 Å². The number of rotatable bonds is 1. The van der Waals surface area contributed by atoms with E-state index >= 15 is 0 Å². The van der Waals surface area contributed by atoms with Crippen LogP contribution in [-0.2, 0) is 11.2 Å². The summed E-state index contributed by atoms with van der Waals surface area (Å²) in [5, 5.41) is 2.77. The lowest BCUT2D eigenvalue weighted by atomic mass is 10.3. The smallest absolute Gasteiger partial charge is 0.221 e. The summed E-state index contributed by atoms with van der Waals surface area (Å²) in [6, 6.07) is 0. The Morgan fingerprint density at radius 3 is 3.29 bits per heavy atom. The molecule has 0 radical (unpaired) electrons. The highest BCUT2D eigenvalue weighted by Gasteiger charge is 2.07. The Morgan fingerprint density at radius 2 is 2.50 bits per heavy atom. The zero-order valence-corrected chi connectivity index (χ0v) is 8.60. The van der Waals surface area contributed by atoms with Crippen molar-refractivity contribution in [2.45, 2.75) is 13.3 Å². The third-order valence-electron chi connectivity index (χ3n) is 1.89. The van der Waals surface area contributed by atoms with Gasteiger partial charge >= 0.3 is 0 Å². The van der Waals surface area contributed by atoms with E-state index in [4.69, 9.17) is 0 Å². The number of nitrogens with one attached hydrogen (secondary N) is 1. The van der Waals surface area contributed by atoms with Gasteiger partial charge in [-0.2, -0.15) is 0 Å². The highest BCUT2D eigenvalue weighted by molar-refractivity contribution is 7.10. The number of aromatic nitrogens is 1. The van der Waals surface area contributed by atoms with Gasteiger partial charge in [-0.05, 0) is 12.2 Å². The van der Waals surface area contributed by atoms with Crippen molar-refractivity contribution in [1.29, 1.82) is 0 Å². The zero-order valence-electron chi connectivity index (χ0n) is 7.78. The van der Waals surface area contributed by atoms with Gasteiger partial charge in [-0.25, -0.2) is 4.98 Å². The zero-order chi connectivity index (χ0) is 9.97. The predicted octanol–water partition coefficient (Wildman–Crippen LogP) is 1.73. The molecule has 14 heavy (non-hydrogen) atoms. The molecule has 1 aromatic heterocycles. The van der Waals surface area contributed by atoms with E-state index in [1.165, 1.54) is 6.92 Å². The second-order valence-corrected chi connectivity index (χ2v) is 3.94. The minimum absolute atomic E-state index is 0.0473. The molecule has 0 aliphatic heterocycles. The molecule has 72 valence electrons. The maximum atomic E-state index is 10.9. The van der Waals surface area contributed by atoms with Crippen LogP contribution in [0.2, 0.25) is 0 Å². The molecule has 0 unspecified atom stereocenters. The summed E-state index contributed by atoms with van der Waals surface area (Å²) in [6.07, 6.45) is 6.71. The number of nitrogens with zero attached hydrogens (tertiary/aromatic N) is 1. The molecule has 4 heteroatoms. The minimum atomic E-state index is -0.0473. The lowest BCUT2D eigenvalue weighted by Crippen LogP contribution is -2.17. The number of fused-ring (bicyclic) bond motifs is 1. The second-order valence-electron chi connectivity index (χ2n) is 3.05. The summed E-state index contributed by atoms with van der Waals surface area (Å²) >= 11 is 1.59. The van der Waals surface area contributed by atoms with E-state index < -0.39 is 0 Å². The average Bonchev–Trinajstić information content (AvgIpc) is 2.44. The van der Waals surface area contributed by atoms with Crippen molar-refractivity contribution in [2.75, 3.05) is 0 Å². The molecule has 1 N–H and O–H groups in total. The Balaban J connectivity index is 2.31. The van der Waals surface area contributed by atoms with Crippen LogP contribution in [0.15, 0.2) is 23.4 Å². The van der Waals surface area contributed by atoms with Crippen LogP contribution in [-0.4, -0.2) is 10.9 Å². The van der Waals surface area contributed by atoms with Crippen molar-refractivity contribution in [1.82, 2.24) is 10.3 Å². The maximum Gasteiger partial charge on any atom is 0.221 e. The van der Waals surface area contributed by atoms with Crippen molar-refractivity contribution in [3.63, 3.8) is 0 Å². The summed E-state index contributed by atoms with van der Waals surface area (Å²) in [6.45, 7) is 1.51. The van der Waals surface area contributed by atoms with Crippen LogP contribution in [0.4, 0.5) is 0 Å². The van der Waals surface area contributed by atoms with E-state index in [9.17, 15) is 4.79 Å². The Bertz CT molecular complexity index is 418. The first-order valence-electron chi connectivity index (χ1n) is 4.34. The van der Waals surface area contributed by atoms with E-state index in [1.54, 1.807) is 11.3 Å². The van der Waals surface area contributed by atoms with E-state index in [1.807, 2.05) is 23.7 Å². The molecule has 0 bridgehead atoms. The Hall–Kier alpha value is -1.42. The minimum Gasteiger partial charge on any atom is -0.326 e. The Morgan fingerprint density at radius 1 is 1.64 bits per heavy atom. The normalized spacial score (nSPS) is 14.2. The van der Waals surface area contributed by atoms with E-state index in [2.05, 4.69) is 10.3 Å². The first kappa shape index (κ1) is 9.15. The van der Waals surface area contributed by atoms with Gasteiger partial charge in [0.2, 0.25) is 5.91 Å². The summed E-state index contributed by atoms with van der Waals surface area (Å²) in [5.74, 6) is -0.0473. The number of hydrogen-bond donors (Lipinski definition) is 1. The van der Waals surface area contributed by atoms with Crippen LogP contribution < -0.4 is 5.32 Å². The van der Waals surface area contributed by atoms with Gasteiger partial charge in [0.25, 0.3) is 0 Å². The number of thiazole rings is 1. The molecule has 1 aliphatic rings. The van der Waals surface area contributed by atoms with Gasteiger partial charge in [0.05, 0.1) is 16.1 Å². The van der Waals surface area contributed by atoms with Crippen molar-refractivity contribution < 1.29 is 4.79 Å². The predicted molar refractivity (Wildman–Crippen MR) is 56.8 cm³/mol. The Labute approximate surface area is 86.2 Å². The van der Waals surface area contributed by atoms with Crippen LogP contribution in [0.1, 0.15) is 17.5 Å². The summed E-state index contributed by atoms with van der Waals surface area (Å²) in [4.78, 5) is 16.2. The monoisotopic (exact) mass is 206 g/mol. The fraction of sp³-hybridized carbons (Fsp3) is 0.200. The molecule has 2 rings (SSSR count). The van der Waals surface area contributed by atoms with Crippen molar-refractivity contribution in [3.05, 3.63) is 33.9 Å². The van der Waals surface area contributed by atoms with Gasteiger partial charge in [0, 0.05) is 19.0 Å². The molecule has 0 saturated heterocycles. The van der Waals surface area contributed by atoms with Gasteiger partial charge in [-0.15, -0.1) is 11.3 Å². The molecule has 0 spiro atoms. The van der Waals surface area contributed by atoms with Crippen LogP contribution in [0, 0.1) is 0 Å². The molecule has 1 aliphatic carbocycles. The topological polar surface area (TPSA) is 42.0 Å². The van der Waals surface area contributed by atoms with Gasteiger partial charge < -0.3 is 5.32 Å². The number of carbonyl (C=O) groups is 1. The van der Waals surface area contributed by atoms with Crippen LogP contribution in [0.3, 0.4) is 0 Å². The standard InChI is InChI=1S/C10H10N2OS/c1-7(13)12-8-3-2-4-9-10(5-8)14-6-11-9/h2-3,5-6H,4H2,1H3,(H,12,13). The molecule has 1 amide bonds. The van der Waals surface area contributed by atoms with E-state index in [-0.39, 0.29) is 5.91 Å². The first-order valence-corrected chi connectivity index (χ1v) is 5.22. The molecule has 0 saturated carbocycles. The van der Waals surface area contributed by atoms with Crippen molar-refractivity contribution in [3.8, 4) is 0 Å². The highest BCUT2D eigenvalue weighted by Crippen LogP contribution is 2.20.